The number of aliphatic hydroxyl groups is 1. The molecule has 1 saturated carbocycles. The standard InChI is InChI=1S/C13H26O/c1-4-12-7-6-11(8-10(3)14)9-13(12)5-2/h10-14H,4-9H2,1-3H3. The van der Waals surface area contributed by atoms with Crippen molar-refractivity contribution in [2.24, 2.45) is 17.8 Å². The predicted octanol–water partition coefficient (Wildman–Crippen LogP) is 3.61. The van der Waals surface area contributed by atoms with Gasteiger partial charge in [-0.05, 0) is 43.9 Å². The Bertz CT molecular complexity index is 153. The van der Waals surface area contributed by atoms with Crippen molar-refractivity contribution in [1.29, 1.82) is 0 Å². The molecular formula is C13H26O. The van der Waals surface area contributed by atoms with Crippen LogP contribution in [0.5, 0.6) is 0 Å². The van der Waals surface area contributed by atoms with Crippen molar-refractivity contribution in [3.05, 3.63) is 0 Å². The third kappa shape index (κ3) is 3.27. The molecule has 0 amide bonds. The molecule has 1 fully saturated rings. The van der Waals surface area contributed by atoms with Gasteiger partial charge >= 0.3 is 0 Å². The summed E-state index contributed by atoms with van der Waals surface area (Å²) in [4.78, 5) is 0. The second-order valence-electron chi connectivity index (χ2n) is 5.10. The van der Waals surface area contributed by atoms with Crippen LogP contribution >= 0.6 is 0 Å². The van der Waals surface area contributed by atoms with Gasteiger partial charge in [0.1, 0.15) is 0 Å². The van der Waals surface area contributed by atoms with E-state index in [0.717, 1.165) is 24.2 Å². The molecule has 4 unspecified atom stereocenters. The Hall–Kier alpha value is -0.0400. The largest absolute Gasteiger partial charge is 0.393 e. The molecule has 1 heteroatoms. The van der Waals surface area contributed by atoms with E-state index >= 15 is 0 Å². The molecule has 0 saturated heterocycles. The van der Waals surface area contributed by atoms with E-state index in [1.807, 2.05) is 6.92 Å². The highest BCUT2D eigenvalue weighted by atomic mass is 16.3. The average molecular weight is 198 g/mol. The Kier molecular flexibility index (Phi) is 4.94. The Morgan fingerprint density at radius 2 is 1.79 bits per heavy atom. The highest BCUT2D eigenvalue weighted by molar-refractivity contribution is 4.79. The van der Waals surface area contributed by atoms with E-state index in [-0.39, 0.29) is 6.10 Å². The lowest BCUT2D eigenvalue weighted by Crippen LogP contribution is -2.26. The van der Waals surface area contributed by atoms with Crippen molar-refractivity contribution in [3.63, 3.8) is 0 Å². The predicted molar refractivity (Wildman–Crippen MR) is 61.2 cm³/mol. The fourth-order valence-electron chi connectivity index (χ4n) is 3.16. The summed E-state index contributed by atoms with van der Waals surface area (Å²) in [5.74, 6) is 2.69. The summed E-state index contributed by atoms with van der Waals surface area (Å²) >= 11 is 0. The highest BCUT2D eigenvalue weighted by Gasteiger charge is 2.28. The van der Waals surface area contributed by atoms with Crippen molar-refractivity contribution >= 4 is 0 Å². The fourth-order valence-corrected chi connectivity index (χ4v) is 3.16. The van der Waals surface area contributed by atoms with E-state index in [1.165, 1.54) is 32.1 Å². The Balaban J connectivity index is 2.40. The van der Waals surface area contributed by atoms with Crippen LogP contribution in [-0.4, -0.2) is 11.2 Å². The summed E-state index contributed by atoms with van der Waals surface area (Å²) in [7, 11) is 0. The van der Waals surface area contributed by atoms with Gasteiger partial charge in [-0.1, -0.05) is 33.1 Å². The summed E-state index contributed by atoms with van der Waals surface area (Å²) in [5.41, 5.74) is 0. The van der Waals surface area contributed by atoms with Crippen LogP contribution in [0.4, 0.5) is 0 Å². The number of hydrogen-bond donors (Lipinski definition) is 1. The molecule has 0 aromatic heterocycles. The van der Waals surface area contributed by atoms with Gasteiger partial charge in [-0.3, -0.25) is 0 Å². The average Bonchev–Trinajstić information content (AvgIpc) is 2.16. The van der Waals surface area contributed by atoms with Gasteiger partial charge in [0.25, 0.3) is 0 Å². The van der Waals surface area contributed by atoms with E-state index in [4.69, 9.17) is 0 Å². The van der Waals surface area contributed by atoms with Crippen molar-refractivity contribution in [2.75, 3.05) is 0 Å². The van der Waals surface area contributed by atoms with E-state index in [0.29, 0.717) is 0 Å². The molecule has 0 bridgehead atoms. The molecule has 0 aromatic carbocycles. The Morgan fingerprint density at radius 1 is 1.14 bits per heavy atom. The quantitative estimate of drug-likeness (QED) is 0.731. The number of hydrogen-bond acceptors (Lipinski definition) is 1. The molecule has 0 aliphatic heterocycles. The van der Waals surface area contributed by atoms with E-state index in [2.05, 4.69) is 13.8 Å². The van der Waals surface area contributed by atoms with Crippen molar-refractivity contribution in [1.82, 2.24) is 0 Å². The second kappa shape index (κ2) is 5.75. The minimum atomic E-state index is -0.101. The molecule has 84 valence electrons. The molecule has 1 rings (SSSR count). The van der Waals surface area contributed by atoms with Gasteiger partial charge in [0, 0.05) is 0 Å². The van der Waals surface area contributed by atoms with Crippen LogP contribution in [-0.2, 0) is 0 Å². The van der Waals surface area contributed by atoms with Crippen LogP contribution in [0, 0.1) is 17.8 Å². The minimum Gasteiger partial charge on any atom is -0.393 e. The summed E-state index contributed by atoms with van der Waals surface area (Å²) in [6.45, 7) is 6.56. The van der Waals surface area contributed by atoms with Crippen LogP contribution in [0.3, 0.4) is 0 Å². The zero-order chi connectivity index (χ0) is 10.6. The van der Waals surface area contributed by atoms with Crippen LogP contribution in [0.25, 0.3) is 0 Å². The summed E-state index contributed by atoms with van der Waals surface area (Å²) in [6.07, 6.45) is 7.70. The molecule has 1 N–H and O–H groups in total. The monoisotopic (exact) mass is 198 g/mol. The van der Waals surface area contributed by atoms with E-state index < -0.39 is 0 Å². The highest BCUT2D eigenvalue weighted by Crippen LogP contribution is 2.39. The first kappa shape index (κ1) is 12.0. The maximum absolute atomic E-state index is 9.39. The number of rotatable bonds is 4. The Labute approximate surface area is 88.9 Å². The smallest absolute Gasteiger partial charge is 0.0514 e. The molecule has 1 nitrogen and oxygen atoms in total. The van der Waals surface area contributed by atoms with Gasteiger partial charge in [-0.25, -0.2) is 0 Å². The molecular weight excluding hydrogens is 172 g/mol. The zero-order valence-electron chi connectivity index (χ0n) is 10.00. The summed E-state index contributed by atoms with van der Waals surface area (Å²) in [6, 6.07) is 0. The minimum absolute atomic E-state index is 0.101. The molecule has 0 aromatic rings. The molecule has 1 aliphatic carbocycles. The lowest BCUT2D eigenvalue weighted by Gasteiger charge is -2.35. The van der Waals surface area contributed by atoms with Crippen LogP contribution in [0.15, 0.2) is 0 Å². The molecule has 0 heterocycles. The topological polar surface area (TPSA) is 20.2 Å². The van der Waals surface area contributed by atoms with E-state index in [1.54, 1.807) is 0 Å². The lowest BCUT2D eigenvalue weighted by atomic mass is 9.70. The first-order valence-electron chi connectivity index (χ1n) is 6.35. The molecule has 1 aliphatic rings. The third-order valence-electron chi connectivity index (χ3n) is 3.97. The normalized spacial score (nSPS) is 35.6. The second-order valence-corrected chi connectivity index (χ2v) is 5.10. The number of aliphatic hydroxyl groups excluding tert-OH is 1. The Morgan fingerprint density at radius 3 is 2.29 bits per heavy atom. The third-order valence-corrected chi connectivity index (χ3v) is 3.97. The molecule has 4 atom stereocenters. The lowest BCUT2D eigenvalue weighted by molar-refractivity contribution is 0.107. The van der Waals surface area contributed by atoms with Crippen molar-refractivity contribution in [2.45, 2.75) is 65.4 Å². The van der Waals surface area contributed by atoms with Crippen LogP contribution in [0.1, 0.15) is 59.3 Å². The zero-order valence-corrected chi connectivity index (χ0v) is 10.00. The van der Waals surface area contributed by atoms with Gasteiger partial charge in [0.15, 0.2) is 0 Å². The van der Waals surface area contributed by atoms with Gasteiger partial charge in [0.05, 0.1) is 6.10 Å². The summed E-state index contributed by atoms with van der Waals surface area (Å²) in [5, 5.41) is 9.39. The molecule has 14 heavy (non-hydrogen) atoms. The first-order valence-corrected chi connectivity index (χ1v) is 6.35. The van der Waals surface area contributed by atoms with Crippen molar-refractivity contribution < 1.29 is 5.11 Å². The van der Waals surface area contributed by atoms with Crippen molar-refractivity contribution in [3.8, 4) is 0 Å². The van der Waals surface area contributed by atoms with Crippen LogP contribution < -0.4 is 0 Å². The van der Waals surface area contributed by atoms with E-state index in [9.17, 15) is 5.11 Å². The summed E-state index contributed by atoms with van der Waals surface area (Å²) < 4.78 is 0. The fraction of sp³-hybridized carbons (Fsp3) is 1.00. The maximum atomic E-state index is 9.39. The molecule has 0 spiro atoms. The first-order chi connectivity index (χ1) is 6.67. The van der Waals surface area contributed by atoms with Gasteiger partial charge < -0.3 is 5.11 Å². The van der Waals surface area contributed by atoms with Gasteiger partial charge in [-0.2, -0.15) is 0 Å². The van der Waals surface area contributed by atoms with Gasteiger partial charge in [-0.15, -0.1) is 0 Å². The maximum Gasteiger partial charge on any atom is 0.0514 e. The SMILES string of the molecule is CCC1CCC(CC(C)O)CC1CC. The van der Waals surface area contributed by atoms with Gasteiger partial charge in [0.2, 0.25) is 0 Å². The van der Waals surface area contributed by atoms with Crippen LogP contribution in [0.2, 0.25) is 0 Å². The molecule has 0 radical (unpaired) electrons.